The minimum atomic E-state index is -0.894. The van der Waals surface area contributed by atoms with Gasteiger partial charge >= 0.3 is 5.97 Å². The third-order valence-corrected chi connectivity index (χ3v) is 2.95. The van der Waals surface area contributed by atoms with Crippen LogP contribution in [0.2, 0.25) is 0 Å². The van der Waals surface area contributed by atoms with Crippen molar-refractivity contribution in [2.75, 3.05) is 13.2 Å². The van der Waals surface area contributed by atoms with Crippen LogP contribution in [0.15, 0.2) is 0 Å². The number of ether oxygens (including phenoxy) is 1. The molecule has 0 bridgehead atoms. The lowest BCUT2D eigenvalue weighted by molar-refractivity contribution is -0.141. The van der Waals surface area contributed by atoms with Gasteiger partial charge in [0.25, 0.3) is 0 Å². The monoisotopic (exact) mass is 229 g/mol. The molecule has 0 aromatic rings. The van der Waals surface area contributed by atoms with Crippen molar-refractivity contribution in [3.63, 3.8) is 0 Å². The Morgan fingerprint density at radius 1 is 1.56 bits per heavy atom. The molecule has 1 heterocycles. The van der Waals surface area contributed by atoms with Crippen molar-refractivity contribution in [1.29, 1.82) is 0 Å². The molecule has 5 nitrogen and oxygen atoms in total. The highest BCUT2D eigenvalue weighted by Gasteiger charge is 2.32. The van der Waals surface area contributed by atoms with Crippen molar-refractivity contribution in [2.24, 2.45) is 11.8 Å². The fraction of sp³-hybridized carbons (Fsp3) is 0.818. The van der Waals surface area contributed by atoms with Gasteiger partial charge in [-0.05, 0) is 12.8 Å². The molecule has 5 heteroatoms. The molecule has 92 valence electrons. The molecule has 0 aromatic carbocycles. The second-order valence-corrected chi connectivity index (χ2v) is 4.20. The van der Waals surface area contributed by atoms with Crippen LogP contribution in [0.4, 0.5) is 0 Å². The number of amides is 1. The molecule has 0 aliphatic carbocycles. The van der Waals surface area contributed by atoms with Crippen molar-refractivity contribution in [1.82, 2.24) is 5.32 Å². The van der Waals surface area contributed by atoms with Gasteiger partial charge in [0.15, 0.2) is 0 Å². The van der Waals surface area contributed by atoms with Gasteiger partial charge < -0.3 is 15.2 Å². The molecular formula is C11H19NO4. The molecule has 16 heavy (non-hydrogen) atoms. The summed E-state index contributed by atoms with van der Waals surface area (Å²) in [7, 11) is 0. The largest absolute Gasteiger partial charge is 0.481 e. The van der Waals surface area contributed by atoms with Gasteiger partial charge in [-0.2, -0.15) is 0 Å². The van der Waals surface area contributed by atoms with Crippen molar-refractivity contribution < 1.29 is 19.4 Å². The van der Waals surface area contributed by atoms with Gasteiger partial charge in [0.05, 0.1) is 17.9 Å². The Bertz CT molecular complexity index is 267. The lowest BCUT2D eigenvalue weighted by Crippen LogP contribution is -2.38. The van der Waals surface area contributed by atoms with E-state index in [1.54, 1.807) is 6.92 Å². The molecule has 0 saturated carbocycles. The van der Waals surface area contributed by atoms with Gasteiger partial charge in [0.2, 0.25) is 5.91 Å². The average molecular weight is 229 g/mol. The van der Waals surface area contributed by atoms with Crippen molar-refractivity contribution in [3.05, 3.63) is 0 Å². The summed E-state index contributed by atoms with van der Waals surface area (Å²) in [5, 5.41) is 11.4. The molecule has 2 N–H and O–H groups in total. The number of rotatable bonds is 5. The SMILES string of the molecule is CCC1OCCC1C(=O)NCC(C)C(=O)O. The van der Waals surface area contributed by atoms with E-state index in [1.807, 2.05) is 6.92 Å². The van der Waals surface area contributed by atoms with E-state index < -0.39 is 11.9 Å². The Balaban J connectivity index is 2.37. The van der Waals surface area contributed by atoms with E-state index in [4.69, 9.17) is 9.84 Å². The minimum Gasteiger partial charge on any atom is -0.481 e. The van der Waals surface area contributed by atoms with E-state index in [1.165, 1.54) is 0 Å². The molecule has 1 aliphatic rings. The molecule has 1 amide bonds. The second-order valence-electron chi connectivity index (χ2n) is 4.20. The molecule has 1 fully saturated rings. The molecule has 1 aliphatic heterocycles. The summed E-state index contributed by atoms with van der Waals surface area (Å²) in [4.78, 5) is 22.3. The quantitative estimate of drug-likeness (QED) is 0.725. The first kappa shape index (κ1) is 13.0. The van der Waals surface area contributed by atoms with Crippen molar-refractivity contribution in [3.8, 4) is 0 Å². The predicted octanol–water partition coefficient (Wildman–Crippen LogP) is 0.638. The van der Waals surface area contributed by atoms with Crippen LogP contribution in [0, 0.1) is 11.8 Å². The van der Waals surface area contributed by atoms with Crippen molar-refractivity contribution >= 4 is 11.9 Å². The Morgan fingerprint density at radius 3 is 2.81 bits per heavy atom. The molecule has 0 spiro atoms. The Labute approximate surface area is 95.2 Å². The maximum Gasteiger partial charge on any atom is 0.308 e. The first-order valence-electron chi connectivity index (χ1n) is 5.68. The zero-order valence-electron chi connectivity index (χ0n) is 9.73. The summed E-state index contributed by atoms with van der Waals surface area (Å²) in [6.07, 6.45) is 1.53. The van der Waals surface area contributed by atoms with Crippen LogP contribution in [0.5, 0.6) is 0 Å². The van der Waals surface area contributed by atoms with Crippen LogP contribution >= 0.6 is 0 Å². The number of hydrogen-bond donors (Lipinski definition) is 2. The first-order valence-corrected chi connectivity index (χ1v) is 5.68. The summed E-state index contributed by atoms with van der Waals surface area (Å²) in [5.74, 6) is -1.65. The zero-order chi connectivity index (χ0) is 12.1. The van der Waals surface area contributed by atoms with E-state index in [0.717, 1.165) is 12.8 Å². The average Bonchev–Trinajstić information content (AvgIpc) is 2.73. The number of carboxylic acid groups (broad SMARTS) is 1. The molecule has 0 radical (unpaired) electrons. The second kappa shape index (κ2) is 5.84. The van der Waals surface area contributed by atoms with E-state index >= 15 is 0 Å². The fourth-order valence-electron chi connectivity index (χ4n) is 1.82. The number of carboxylic acids is 1. The van der Waals surface area contributed by atoms with Gasteiger partial charge in [0, 0.05) is 13.2 Å². The molecule has 0 aromatic heterocycles. The number of carbonyl (C=O) groups excluding carboxylic acids is 1. The predicted molar refractivity (Wildman–Crippen MR) is 57.9 cm³/mol. The van der Waals surface area contributed by atoms with E-state index in [0.29, 0.717) is 6.61 Å². The standard InChI is InChI=1S/C11H19NO4/c1-3-9-8(4-5-16-9)10(13)12-6-7(2)11(14)15/h7-9H,3-6H2,1-2H3,(H,12,13)(H,14,15). The molecular weight excluding hydrogens is 210 g/mol. The van der Waals surface area contributed by atoms with Crippen LogP contribution in [0.1, 0.15) is 26.7 Å². The highest BCUT2D eigenvalue weighted by atomic mass is 16.5. The third-order valence-electron chi connectivity index (χ3n) is 2.95. The minimum absolute atomic E-state index is 0.0138. The van der Waals surface area contributed by atoms with Gasteiger partial charge in [-0.1, -0.05) is 13.8 Å². The lowest BCUT2D eigenvalue weighted by Gasteiger charge is -2.17. The van der Waals surface area contributed by atoms with Gasteiger partial charge in [-0.3, -0.25) is 9.59 Å². The number of aliphatic carboxylic acids is 1. The topological polar surface area (TPSA) is 75.6 Å². The highest BCUT2D eigenvalue weighted by molar-refractivity contribution is 5.80. The summed E-state index contributed by atoms with van der Waals surface area (Å²) in [6, 6.07) is 0. The first-order chi connectivity index (χ1) is 7.56. The van der Waals surface area contributed by atoms with Crippen LogP contribution < -0.4 is 5.32 Å². The maximum absolute atomic E-state index is 11.8. The summed E-state index contributed by atoms with van der Waals surface area (Å²) in [5.41, 5.74) is 0. The van der Waals surface area contributed by atoms with Crippen LogP contribution in [0.3, 0.4) is 0 Å². The van der Waals surface area contributed by atoms with E-state index in [9.17, 15) is 9.59 Å². The number of carbonyl (C=O) groups is 2. The summed E-state index contributed by atoms with van der Waals surface area (Å²) < 4.78 is 5.41. The van der Waals surface area contributed by atoms with Gasteiger partial charge in [-0.15, -0.1) is 0 Å². The van der Waals surface area contributed by atoms with Crippen LogP contribution in [0.25, 0.3) is 0 Å². The summed E-state index contributed by atoms with van der Waals surface area (Å²) >= 11 is 0. The van der Waals surface area contributed by atoms with Crippen LogP contribution in [-0.4, -0.2) is 36.2 Å². The normalized spacial score (nSPS) is 26.4. The van der Waals surface area contributed by atoms with E-state index in [-0.39, 0.29) is 24.5 Å². The van der Waals surface area contributed by atoms with E-state index in [2.05, 4.69) is 5.32 Å². The molecule has 1 saturated heterocycles. The summed E-state index contributed by atoms with van der Waals surface area (Å²) in [6.45, 7) is 4.35. The third kappa shape index (κ3) is 3.20. The van der Waals surface area contributed by atoms with Gasteiger partial charge in [0.1, 0.15) is 0 Å². The number of hydrogen-bond acceptors (Lipinski definition) is 3. The molecule has 3 atom stereocenters. The maximum atomic E-state index is 11.8. The Morgan fingerprint density at radius 2 is 2.25 bits per heavy atom. The Kier molecular flexibility index (Phi) is 4.73. The lowest BCUT2D eigenvalue weighted by atomic mass is 9.98. The highest BCUT2D eigenvalue weighted by Crippen LogP contribution is 2.23. The fourth-order valence-corrected chi connectivity index (χ4v) is 1.82. The smallest absolute Gasteiger partial charge is 0.308 e. The van der Waals surface area contributed by atoms with Crippen LogP contribution in [-0.2, 0) is 14.3 Å². The van der Waals surface area contributed by atoms with Crippen molar-refractivity contribution in [2.45, 2.75) is 32.8 Å². The molecule has 3 unspecified atom stereocenters. The molecule has 1 rings (SSSR count). The van der Waals surface area contributed by atoms with Gasteiger partial charge in [-0.25, -0.2) is 0 Å². The number of nitrogens with one attached hydrogen (secondary N) is 1. The Hall–Kier alpha value is -1.10. The zero-order valence-corrected chi connectivity index (χ0v) is 9.73.